The minimum Gasteiger partial charge on any atom is -0.269 e. The summed E-state index contributed by atoms with van der Waals surface area (Å²) in [5.74, 6) is 0. The highest BCUT2D eigenvalue weighted by atomic mass is 79.9. The second-order valence-corrected chi connectivity index (χ2v) is 6.48. The van der Waals surface area contributed by atoms with Crippen molar-refractivity contribution in [2.75, 3.05) is 0 Å². The summed E-state index contributed by atoms with van der Waals surface area (Å²) in [5.41, 5.74) is -0.209. The highest BCUT2D eigenvalue weighted by Crippen LogP contribution is 2.38. The number of halogens is 4. The van der Waals surface area contributed by atoms with Crippen molar-refractivity contribution >= 4 is 40.1 Å². The smallest absolute Gasteiger partial charge is 0.269 e. The Morgan fingerprint density at radius 2 is 1.32 bits per heavy atom. The standard InChI is InChI=1S/C12H9Br2F2N2O3P/c13-9-5-1-3-7(17-9)11(15)20-22(19)21-12(16)8-4-2-6-10(14)18-8/h1-6,11-12,22H. The van der Waals surface area contributed by atoms with Crippen LogP contribution in [0, 0.1) is 0 Å². The molecule has 22 heavy (non-hydrogen) atoms. The van der Waals surface area contributed by atoms with E-state index in [0.29, 0.717) is 9.21 Å². The third-order valence-electron chi connectivity index (χ3n) is 2.34. The summed E-state index contributed by atoms with van der Waals surface area (Å²) >= 11 is 6.13. The van der Waals surface area contributed by atoms with Gasteiger partial charge in [-0.2, -0.15) is 0 Å². The lowest BCUT2D eigenvalue weighted by Crippen LogP contribution is -2.00. The molecule has 10 heteroatoms. The van der Waals surface area contributed by atoms with Gasteiger partial charge in [-0.1, -0.05) is 12.1 Å². The van der Waals surface area contributed by atoms with E-state index in [4.69, 9.17) is 0 Å². The summed E-state index contributed by atoms with van der Waals surface area (Å²) < 4.78 is 48.9. The molecule has 118 valence electrons. The van der Waals surface area contributed by atoms with E-state index in [2.05, 4.69) is 50.9 Å². The van der Waals surface area contributed by atoms with Gasteiger partial charge < -0.3 is 0 Å². The molecule has 2 unspecified atom stereocenters. The molecule has 0 radical (unpaired) electrons. The first-order chi connectivity index (χ1) is 10.5. The first-order valence-electron chi connectivity index (χ1n) is 5.86. The Hall–Kier alpha value is -0.730. The van der Waals surface area contributed by atoms with Gasteiger partial charge >= 0.3 is 8.25 Å². The van der Waals surface area contributed by atoms with E-state index in [-0.39, 0.29) is 11.4 Å². The van der Waals surface area contributed by atoms with E-state index in [1.165, 1.54) is 24.3 Å². The van der Waals surface area contributed by atoms with Gasteiger partial charge in [-0.15, -0.1) is 0 Å². The zero-order valence-electron chi connectivity index (χ0n) is 10.7. The Bertz CT molecular complexity index is 625. The van der Waals surface area contributed by atoms with Crippen LogP contribution in [0.25, 0.3) is 0 Å². The quantitative estimate of drug-likeness (QED) is 0.448. The Balaban J connectivity index is 1.95. The number of nitrogens with zero attached hydrogens (tertiary/aromatic N) is 2. The molecule has 2 aromatic heterocycles. The molecule has 0 N–H and O–H groups in total. The van der Waals surface area contributed by atoms with Gasteiger partial charge in [0.2, 0.25) is 12.7 Å². The fraction of sp³-hybridized carbons (Fsp3) is 0.167. The fourth-order valence-corrected chi connectivity index (χ4v) is 2.77. The highest BCUT2D eigenvalue weighted by molar-refractivity contribution is 9.10. The molecule has 2 aromatic rings. The molecule has 0 saturated heterocycles. The molecule has 0 aliphatic carbocycles. The molecule has 5 nitrogen and oxygen atoms in total. The van der Waals surface area contributed by atoms with Crippen molar-refractivity contribution in [2.45, 2.75) is 12.7 Å². The molecular weight excluding hydrogens is 449 g/mol. The topological polar surface area (TPSA) is 61.3 Å². The molecule has 0 amide bonds. The van der Waals surface area contributed by atoms with Gasteiger partial charge in [0.05, 0.1) is 0 Å². The van der Waals surface area contributed by atoms with Crippen molar-refractivity contribution in [3.05, 3.63) is 57.0 Å². The lowest BCUT2D eigenvalue weighted by atomic mass is 10.4. The number of hydrogen-bond acceptors (Lipinski definition) is 5. The second-order valence-electron chi connectivity index (χ2n) is 3.89. The molecule has 0 bridgehead atoms. The predicted octanol–water partition coefficient (Wildman–Crippen LogP) is 5.06. The van der Waals surface area contributed by atoms with Crippen molar-refractivity contribution < 1.29 is 22.4 Å². The zero-order chi connectivity index (χ0) is 16.1. The van der Waals surface area contributed by atoms with E-state index in [1.54, 1.807) is 12.1 Å². The van der Waals surface area contributed by atoms with Gasteiger partial charge in [-0.3, -0.25) is 13.6 Å². The fourth-order valence-electron chi connectivity index (χ4n) is 1.42. The van der Waals surface area contributed by atoms with Gasteiger partial charge in [0.1, 0.15) is 20.6 Å². The normalized spacial score (nSPS) is 15.3. The van der Waals surface area contributed by atoms with Crippen LogP contribution in [-0.4, -0.2) is 9.97 Å². The molecule has 0 aliphatic rings. The number of alkyl halides is 2. The van der Waals surface area contributed by atoms with E-state index in [9.17, 15) is 13.3 Å². The Kier molecular flexibility index (Phi) is 6.58. The summed E-state index contributed by atoms with van der Waals surface area (Å²) in [5, 5.41) is 0. The van der Waals surface area contributed by atoms with E-state index >= 15 is 0 Å². The molecule has 2 atom stereocenters. The van der Waals surface area contributed by atoms with E-state index in [0.717, 1.165) is 0 Å². The second kappa shape index (κ2) is 8.21. The minimum absolute atomic E-state index is 0.104. The van der Waals surface area contributed by atoms with Crippen molar-refractivity contribution in [1.82, 2.24) is 9.97 Å². The van der Waals surface area contributed by atoms with E-state index < -0.39 is 21.0 Å². The molecule has 0 spiro atoms. The highest BCUT2D eigenvalue weighted by Gasteiger charge is 2.21. The molecular formula is C12H9Br2F2N2O3P. The number of aromatic nitrogens is 2. The number of hydrogen-bond donors (Lipinski definition) is 0. The molecule has 0 aromatic carbocycles. The van der Waals surface area contributed by atoms with Crippen molar-refractivity contribution in [2.24, 2.45) is 0 Å². The van der Waals surface area contributed by atoms with E-state index in [1.807, 2.05) is 0 Å². The van der Waals surface area contributed by atoms with Crippen LogP contribution in [0.4, 0.5) is 8.78 Å². The predicted molar refractivity (Wildman–Crippen MR) is 82.7 cm³/mol. The third kappa shape index (κ3) is 5.17. The Labute approximate surface area is 142 Å². The van der Waals surface area contributed by atoms with Gasteiger partial charge in [0.25, 0.3) is 0 Å². The van der Waals surface area contributed by atoms with Crippen LogP contribution in [0.15, 0.2) is 45.6 Å². The van der Waals surface area contributed by atoms with Crippen LogP contribution in [0.2, 0.25) is 0 Å². The SMILES string of the molecule is O=[PH](OC(F)c1cccc(Br)n1)OC(F)c1cccc(Br)n1. The average Bonchev–Trinajstić information content (AvgIpc) is 2.47. The average molecular weight is 458 g/mol. The number of rotatable bonds is 6. The first kappa shape index (κ1) is 17.6. The van der Waals surface area contributed by atoms with Gasteiger partial charge in [-0.05, 0) is 56.1 Å². The summed E-state index contributed by atoms with van der Waals surface area (Å²) in [6.45, 7) is 0. The number of pyridine rings is 2. The van der Waals surface area contributed by atoms with Crippen molar-refractivity contribution in [3.63, 3.8) is 0 Å². The van der Waals surface area contributed by atoms with Gasteiger partial charge in [0, 0.05) is 0 Å². The van der Waals surface area contributed by atoms with Crippen LogP contribution in [-0.2, 0) is 13.6 Å². The molecule has 0 fully saturated rings. The molecule has 0 aliphatic heterocycles. The molecule has 2 rings (SSSR count). The van der Waals surface area contributed by atoms with Gasteiger partial charge in [0.15, 0.2) is 0 Å². The van der Waals surface area contributed by atoms with Gasteiger partial charge in [-0.25, -0.2) is 18.7 Å². The maximum Gasteiger partial charge on any atom is 0.324 e. The monoisotopic (exact) mass is 456 g/mol. The van der Waals surface area contributed by atoms with Crippen LogP contribution < -0.4 is 0 Å². The van der Waals surface area contributed by atoms with Crippen LogP contribution in [0.1, 0.15) is 24.1 Å². The molecule has 2 heterocycles. The van der Waals surface area contributed by atoms with Crippen LogP contribution in [0.5, 0.6) is 0 Å². The summed E-state index contributed by atoms with van der Waals surface area (Å²) in [6.07, 6.45) is -4.18. The first-order valence-corrected chi connectivity index (χ1v) is 8.67. The van der Waals surface area contributed by atoms with Crippen LogP contribution in [0.3, 0.4) is 0 Å². The maximum absolute atomic E-state index is 13.8. The van der Waals surface area contributed by atoms with Crippen molar-refractivity contribution in [1.29, 1.82) is 0 Å². The summed E-state index contributed by atoms with van der Waals surface area (Å²) in [6, 6.07) is 8.92. The zero-order valence-corrected chi connectivity index (χ0v) is 14.9. The minimum atomic E-state index is -3.42. The Morgan fingerprint density at radius 1 is 0.909 bits per heavy atom. The maximum atomic E-state index is 13.8. The summed E-state index contributed by atoms with van der Waals surface area (Å²) in [7, 11) is -3.42. The lowest BCUT2D eigenvalue weighted by molar-refractivity contribution is 0.00905. The Morgan fingerprint density at radius 3 is 1.68 bits per heavy atom. The van der Waals surface area contributed by atoms with Crippen molar-refractivity contribution in [3.8, 4) is 0 Å². The summed E-state index contributed by atoms with van der Waals surface area (Å²) in [4.78, 5) is 7.60. The largest absolute Gasteiger partial charge is 0.324 e. The lowest BCUT2D eigenvalue weighted by Gasteiger charge is -2.12. The van der Waals surface area contributed by atoms with Crippen LogP contribution >= 0.6 is 40.1 Å². The third-order valence-corrected chi connectivity index (χ3v) is 4.02. The molecule has 0 saturated carbocycles.